The Morgan fingerprint density at radius 1 is 1.11 bits per heavy atom. The normalized spacial score (nSPS) is 14.1. The van der Waals surface area contributed by atoms with E-state index >= 15 is 0 Å². The molecule has 0 spiro atoms. The molecule has 3 aromatic rings. The highest BCUT2D eigenvalue weighted by atomic mass is 16.5. The highest BCUT2D eigenvalue weighted by Gasteiger charge is 2.23. The summed E-state index contributed by atoms with van der Waals surface area (Å²) in [6, 6.07) is 13.0. The Balaban J connectivity index is 1.52. The number of benzene rings is 1. The Bertz CT molecular complexity index is 918. The number of hydrogen-bond acceptors (Lipinski definition) is 7. The first-order chi connectivity index (χ1) is 13.2. The molecule has 0 radical (unpaired) electrons. The number of nitrogen functional groups attached to an aromatic ring is 1. The van der Waals surface area contributed by atoms with Gasteiger partial charge in [0.15, 0.2) is 0 Å². The van der Waals surface area contributed by atoms with Crippen molar-refractivity contribution >= 4 is 23.2 Å². The molecular formula is C19H19N5O3. The van der Waals surface area contributed by atoms with Gasteiger partial charge in [0.2, 0.25) is 5.88 Å². The standard InChI is InChI=1S/C19H19N5O3/c20-18-16(17(23-27-18)15-3-1-2-8-21-15)19(25)22-13-4-6-14(7-5-13)24-9-11-26-12-10-24/h1-8H,9-12,20H2,(H,22,25). The highest BCUT2D eigenvalue weighted by Crippen LogP contribution is 2.27. The Morgan fingerprint density at radius 2 is 1.89 bits per heavy atom. The first-order valence-corrected chi connectivity index (χ1v) is 8.63. The van der Waals surface area contributed by atoms with Crippen molar-refractivity contribution in [1.29, 1.82) is 0 Å². The molecule has 1 amide bonds. The fourth-order valence-electron chi connectivity index (χ4n) is 2.97. The van der Waals surface area contributed by atoms with E-state index in [4.69, 9.17) is 15.0 Å². The number of anilines is 3. The van der Waals surface area contributed by atoms with Gasteiger partial charge < -0.3 is 25.2 Å². The molecule has 0 saturated carbocycles. The summed E-state index contributed by atoms with van der Waals surface area (Å²) >= 11 is 0. The third kappa shape index (κ3) is 3.61. The quantitative estimate of drug-likeness (QED) is 0.731. The Hall–Kier alpha value is -3.39. The first kappa shape index (κ1) is 17.0. The summed E-state index contributed by atoms with van der Waals surface area (Å²) in [6.45, 7) is 3.16. The number of rotatable bonds is 4. The molecule has 0 unspecified atom stereocenters. The molecule has 138 valence electrons. The van der Waals surface area contributed by atoms with E-state index in [-0.39, 0.29) is 11.4 Å². The third-order valence-corrected chi connectivity index (χ3v) is 4.35. The highest BCUT2D eigenvalue weighted by molar-refractivity contribution is 6.10. The molecule has 3 N–H and O–H groups in total. The maximum Gasteiger partial charge on any atom is 0.263 e. The molecule has 27 heavy (non-hydrogen) atoms. The van der Waals surface area contributed by atoms with Crippen LogP contribution in [0.3, 0.4) is 0 Å². The van der Waals surface area contributed by atoms with Gasteiger partial charge in [-0.1, -0.05) is 11.2 Å². The summed E-state index contributed by atoms with van der Waals surface area (Å²) in [6.07, 6.45) is 1.62. The molecular weight excluding hydrogens is 346 g/mol. The van der Waals surface area contributed by atoms with Gasteiger partial charge in [0.1, 0.15) is 11.3 Å². The van der Waals surface area contributed by atoms with E-state index in [0.29, 0.717) is 17.1 Å². The average molecular weight is 365 g/mol. The van der Waals surface area contributed by atoms with Gasteiger partial charge in [0.05, 0.1) is 18.9 Å². The van der Waals surface area contributed by atoms with Crippen molar-refractivity contribution in [1.82, 2.24) is 10.1 Å². The molecule has 1 saturated heterocycles. The molecule has 8 nitrogen and oxygen atoms in total. The largest absolute Gasteiger partial charge is 0.378 e. The Kier molecular flexibility index (Phi) is 4.71. The van der Waals surface area contributed by atoms with Crippen molar-refractivity contribution in [3.63, 3.8) is 0 Å². The average Bonchev–Trinajstić information content (AvgIpc) is 3.11. The van der Waals surface area contributed by atoms with Crippen LogP contribution in [0.25, 0.3) is 11.4 Å². The van der Waals surface area contributed by atoms with Gasteiger partial charge in [0, 0.05) is 30.7 Å². The van der Waals surface area contributed by atoms with Crippen LogP contribution in [0, 0.1) is 0 Å². The van der Waals surface area contributed by atoms with E-state index in [1.165, 1.54) is 0 Å². The minimum Gasteiger partial charge on any atom is -0.378 e. The second kappa shape index (κ2) is 7.46. The fourth-order valence-corrected chi connectivity index (χ4v) is 2.97. The second-order valence-corrected chi connectivity index (χ2v) is 6.09. The van der Waals surface area contributed by atoms with E-state index in [2.05, 4.69) is 20.4 Å². The zero-order chi connectivity index (χ0) is 18.6. The van der Waals surface area contributed by atoms with Gasteiger partial charge >= 0.3 is 0 Å². The minimum absolute atomic E-state index is 0.0434. The summed E-state index contributed by atoms with van der Waals surface area (Å²) < 4.78 is 10.4. The van der Waals surface area contributed by atoms with Crippen LogP contribution in [0.15, 0.2) is 53.2 Å². The van der Waals surface area contributed by atoms with Gasteiger partial charge in [-0.25, -0.2) is 0 Å². The van der Waals surface area contributed by atoms with Gasteiger partial charge in [-0.3, -0.25) is 9.78 Å². The molecule has 1 aromatic carbocycles. The lowest BCUT2D eigenvalue weighted by molar-refractivity contribution is 0.102. The van der Waals surface area contributed by atoms with E-state index in [1.54, 1.807) is 24.4 Å². The minimum atomic E-state index is -0.395. The number of hydrogen-bond donors (Lipinski definition) is 2. The van der Waals surface area contributed by atoms with Crippen molar-refractivity contribution in [3.05, 3.63) is 54.2 Å². The van der Waals surface area contributed by atoms with Crippen molar-refractivity contribution in [2.45, 2.75) is 0 Å². The van der Waals surface area contributed by atoms with Gasteiger partial charge in [-0.2, -0.15) is 0 Å². The first-order valence-electron chi connectivity index (χ1n) is 8.63. The smallest absolute Gasteiger partial charge is 0.263 e. The van der Waals surface area contributed by atoms with Crippen LogP contribution < -0.4 is 16.0 Å². The van der Waals surface area contributed by atoms with Crippen LogP contribution in [0.4, 0.5) is 17.3 Å². The van der Waals surface area contributed by atoms with Crippen molar-refractivity contribution in [2.75, 3.05) is 42.3 Å². The molecule has 1 aliphatic heterocycles. The lowest BCUT2D eigenvalue weighted by Crippen LogP contribution is -2.36. The number of carbonyl (C=O) groups excluding carboxylic acids is 1. The van der Waals surface area contributed by atoms with Crippen molar-refractivity contribution in [3.8, 4) is 11.4 Å². The maximum absolute atomic E-state index is 12.7. The van der Waals surface area contributed by atoms with E-state index < -0.39 is 5.91 Å². The molecule has 1 aliphatic rings. The molecule has 8 heteroatoms. The Labute approximate surface area is 155 Å². The Morgan fingerprint density at radius 3 is 2.59 bits per heavy atom. The van der Waals surface area contributed by atoms with E-state index in [1.807, 2.05) is 24.3 Å². The van der Waals surface area contributed by atoms with E-state index in [0.717, 1.165) is 32.0 Å². The van der Waals surface area contributed by atoms with Crippen molar-refractivity contribution in [2.24, 2.45) is 0 Å². The number of carbonyl (C=O) groups is 1. The van der Waals surface area contributed by atoms with Crippen molar-refractivity contribution < 1.29 is 14.1 Å². The maximum atomic E-state index is 12.7. The second-order valence-electron chi connectivity index (χ2n) is 6.09. The van der Waals surface area contributed by atoms with Gasteiger partial charge in [-0.05, 0) is 36.4 Å². The van der Waals surface area contributed by atoms with Gasteiger partial charge in [0.25, 0.3) is 5.91 Å². The van der Waals surface area contributed by atoms with Crippen LogP contribution in [0.1, 0.15) is 10.4 Å². The number of amides is 1. The fraction of sp³-hybridized carbons (Fsp3) is 0.211. The number of nitrogens with two attached hydrogens (primary N) is 1. The number of pyridine rings is 1. The number of nitrogens with one attached hydrogen (secondary N) is 1. The molecule has 0 atom stereocenters. The van der Waals surface area contributed by atoms with E-state index in [9.17, 15) is 4.79 Å². The molecule has 2 aromatic heterocycles. The summed E-state index contributed by atoms with van der Waals surface area (Å²) in [4.78, 5) is 19.2. The van der Waals surface area contributed by atoms with Crippen LogP contribution >= 0.6 is 0 Å². The van der Waals surface area contributed by atoms with Crippen LogP contribution in [0.2, 0.25) is 0 Å². The number of ether oxygens (including phenoxy) is 1. The predicted octanol–water partition coefficient (Wildman–Crippen LogP) is 2.41. The molecule has 4 rings (SSSR count). The topological polar surface area (TPSA) is 107 Å². The summed E-state index contributed by atoms with van der Waals surface area (Å²) in [5.41, 5.74) is 8.57. The zero-order valence-electron chi connectivity index (χ0n) is 14.6. The van der Waals surface area contributed by atoms with Crippen LogP contribution in [-0.4, -0.2) is 42.4 Å². The molecule has 1 fully saturated rings. The molecule has 0 bridgehead atoms. The van der Waals surface area contributed by atoms with Crippen LogP contribution in [-0.2, 0) is 4.74 Å². The lowest BCUT2D eigenvalue weighted by Gasteiger charge is -2.28. The molecule has 0 aliphatic carbocycles. The molecule has 3 heterocycles. The number of aromatic nitrogens is 2. The summed E-state index contributed by atoms with van der Waals surface area (Å²) in [7, 11) is 0. The zero-order valence-corrected chi connectivity index (χ0v) is 14.6. The summed E-state index contributed by atoms with van der Waals surface area (Å²) in [5.74, 6) is -0.438. The summed E-state index contributed by atoms with van der Waals surface area (Å²) in [5, 5.41) is 6.72. The third-order valence-electron chi connectivity index (χ3n) is 4.35. The number of morpholine rings is 1. The predicted molar refractivity (Wildman–Crippen MR) is 102 cm³/mol. The van der Waals surface area contributed by atoms with Crippen LogP contribution in [0.5, 0.6) is 0 Å². The monoisotopic (exact) mass is 365 g/mol. The SMILES string of the molecule is Nc1onc(-c2ccccn2)c1C(=O)Nc1ccc(N2CCOCC2)cc1. The lowest BCUT2D eigenvalue weighted by atomic mass is 10.1. The number of nitrogens with zero attached hydrogens (tertiary/aromatic N) is 3. The van der Waals surface area contributed by atoms with Gasteiger partial charge in [-0.15, -0.1) is 0 Å².